The van der Waals surface area contributed by atoms with Gasteiger partial charge in [-0.1, -0.05) is 0 Å². The Kier molecular flexibility index (Phi) is 5.66. The molecule has 2 saturated carbocycles. The minimum atomic E-state index is -0.731. The maximum atomic E-state index is 14.9. The number of halogens is 1. The van der Waals surface area contributed by atoms with Crippen LogP contribution in [0.3, 0.4) is 0 Å². The zero-order chi connectivity index (χ0) is 24.0. The number of aromatic nitrogens is 5. The quantitative estimate of drug-likeness (QED) is 0.442. The zero-order valence-electron chi connectivity index (χ0n) is 19.4. The number of hydrogen-bond acceptors (Lipinski definition) is 5. The van der Waals surface area contributed by atoms with Crippen LogP contribution in [0.5, 0.6) is 0 Å². The van der Waals surface area contributed by atoms with Crippen molar-refractivity contribution >= 4 is 17.6 Å². The molecule has 10 heteroatoms. The third kappa shape index (κ3) is 4.32. The predicted octanol–water partition coefficient (Wildman–Crippen LogP) is 3.13. The number of aromatic amines is 1. The molecule has 9 nitrogen and oxygen atoms in total. The van der Waals surface area contributed by atoms with E-state index in [0.717, 1.165) is 31.4 Å². The number of nitrogens with zero attached hydrogens (tertiary/aromatic N) is 4. The molecule has 2 aliphatic rings. The minimum Gasteiger partial charge on any atom is -0.339 e. The fourth-order valence-corrected chi connectivity index (χ4v) is 4.88. The molecule has 5 rings (SSSR count). The Bertz CT molecular complexity index is 1210. The second-order valence-corrected chi connectivity index (χ2v) is 9.38. The van der Waals surface area contributed by atoms with Crippen molar-refractivity contribution in [3.05, 3.63) is 47.4 Å². The standard InChI is InChI=1S/C24H28FN7O2/c1-12-19(13(2)31-30-12)16-8-9-18(27-22(16)25)28-24(34)21(20(14-4-5-14)15-6-7-15)29-23(33)17-10-11-26-32(17)3/h8-11,14-15,20-21H,4-7H2,1-3H3,(H,29,33)(H,30,31)(H,27,28,34). The molecular weight excluding hydrogens is 437 g/mol. The van der Waals surface area contributed by atoms with Crippen LogP contribution >= 0.6 is 0 Å². The first kappa shape index (κ1) is 22.2. The number of carbonyl (C=O) groups is 2. The lowest BCUT2D eigenvalue weighted by atomic mass is 9.88. The van der Waals surface area contributed by atoms with Gasteiger partial charge >= 0.3 is 0 Å². The summed E-state index contributed by atoms with van der Waals surface area (Å²) in [5, 5.41) is 16.7. The van der Waals surface area contributed by atoms with E-state index in [4.69, 9.17) is 0 Å². The lowest BCUT2D eigenvalue weighted by Gasteiger charge is -2.27. The highest BCUT2D eigenvalue weighted by Gasteiger charge is 2.48. The number of carbonyl (C=O) groups excluding carboxylic acids is 2. The summed E-state index contributed by atoms with van der Waals surface area (Å²) in [5.41, 5.74) is 2.76. The van der Waals surface area contributed by atoms with Crippen LogP contribution in [0, 0.1) is 37.5 Å². The molecular formula is C24H28FN7O2. The largest absolute Gasteiger partial charge is 0.339 e. The highest BCUT2D eigenvalue weighted by Crippen LogP contribution is 2.51. The van der Waals surface area contributed by atoms with Gasteiger partial charge in [-0.05, 0) is 75.5 Å². The maximum Gasteiger partial charge on any atom is 0.270 e. The summed E-state index contributed by atoms with van der Waals surface area (Å²) >= 11 is 0. The van der Waals surface area contributed by atoms with Crippen molar-refractivity contribution in [1.82, 2.24) is 30.3 Å². The van der Waals surface area contributed by atoms with E-state index in [-0.39, 0.29) is 23.6 Å². The summed E-state index contributed by atoms with van der Waals surface area (Å²) < 4.78 is 16.4. The van der Waals surface area contributed by atoms with Crippen LogP contribution in [-0.4, -0.2) is 42.8 Å². The Morgan fingerprint density at radius 3 is 2.38 bits per heavy atom. The molecule has 1 unspecified atom stereocenters. The molecule has 34 heavy (non-hydrogen) atoms. The topological polar surface area (TPSA) is 118 Å². The molecule has 2 fully saturated rings. The fourth-order valence-electron chi connectivity index (χ4n) is 4.88. The molecule has 0 aliphatic heterocycles. The minimum absolute atomic E-state index is 0.0533. The summed E-state index contributed by atoms with van der Waals surface area (Å²) in [6.07, 6.45) is 5.75. The van der Waals surface area contributed by atoms with Gasteiger partial charge in [0.15, 0.2) is 0 Å². The van der Waals surface area contributed by atoms with Crippen molar-refractivity contribution < 1.29 is 14.0 Å². The number of H-pyrrole nitrogens is 1. The van der Waals surface area contributed by atoms with Gasteiger partial charge in [-0.25, -0.2) is 4.98 Å². The van der Waals surface area contributed by atoms with Crippen molar-refractivity contribution in [3.63, 3.8) is 0 Å². The first-order valence-corrected chi connectivity index (χ1v) is 11.6. The first-order chi connectivity index (χ1) is 16.3. The number of anilines is 1. The van der Waals surface area contributed by atoms with Crippen LogP contribution in [0.1, 0.15) is 47.6 Å². The molecule has 0 bridgehead atoms. The average molecular weight is 466 g/mol. The first-order valence-electron chi connectivity index (χ1n) is 11.6. The van der Waals surface area contributed by atoms with E-state index >= 15 is 0 Å². The third-order valence-corrected chi connectivity index (χ3v) is 6.84. The fraction of sp³-hybridized carbons (Fsp3) is 0.458. The molecule has 2 amide bonds. The van der Waals surface area contributed by atoms with Gasteiger partial charge in [0, 0.05) is 30.1 Å². The lowest BCUT2D eigenvalue weighted by Crippen LogP contribution is -2.50. The van der Waals surface area contributed by atoms with E-state index in [1.807, 2.05) is 6.92 Å². The van der Waals surface area contributed by atoms with Gasteiger partial charge in [-0.3, -0.25) is 19.4 Å². The molecule has 0 saturated heterocycles. The molecule has 3 N–H and O–H groups in total. The van der Waals surface area contributed by atoms with E-state index in [2.05, 4.69) is 30.9 Å². The van der Waals surface area contributed by atoms with Gasteiger partial charge in [-0.2, -0.15) is 14.6 Å². The van der Waals surface area contributed by atoms with Gasteiger partial charge in [0.1, 0.15) is 17.6 Å². The van der Waals surface area contributed by atoms with Crippen LogP contribution in [0.15, 0.2) is 24.4 Å². The molecule has 178 valence electrons. The highest BCUT2D eigenvalue weighted by molar-refractivity contribution is 6.00. The van der Waals surface area contributed by atoms with Gasteiger partial charge in [0.2, 0.25) is 11.9 Å². The van der Waals surface area contributed by atoms with Gasteiger partial charge in [-0.15, -0.1) is 0 Å². The number of pyridine rings is 1. The summed E-state index contributed by atoms with van der Waals surface area (Å²) in [5.74, 6) is -0.445. The normalized spacial score (nSPS) is 16.5. The second kappa shape index (κ2) is 8.66. The molecule has 1 atom stereocenters. The molecule has 3 heterocycles. The van der Waals surface area contributed by atoms with E-state index in [9.17, 15) is 14.0 Å². The smallest absolute Gasteiger partial charge is 0.270 e. The lowest BCUT2D eigenvalue weighted by molar-refractivity contribution is -0.119. The maximum absolute atomic E-state index is 14.9. The molecule has 3 aromatic heterocycles. The van der Waals surface area contributed by atoms with Gasteiger partial charge in [0.05, 0.1) is 5.69 Å². The third-order valence-electron chi connectivity index (χ3n) is 6.84. The summed E-state index contributed by atoms with van der Waals surface area (Å²) in [4.78, 5) is 30.3. The summed E-state index contributed by atoms with van der Waals surface area (Å²) in [7, 11) is 1.68. The van der Waals surface area contributed by atoms with Crippen LogP contribution < -0.4 is 10.6 Å². The predicted molar refractivity (Wildman–Crippen MR) is 123 cm³/mol. The Morgan fingerprint density at radius 1 is 1.15 bits per heavy atom. The molecule has 3 aromatic rings. The molecule has 0 spiro atoms. The van der Waals surface area contributed by atoms with Crippen LogP contribution in [0.2, 0.25) is 0 Å². The number of amides is 2. The van der Waals surface area contributed by atoms with Crippen LogP contribution in [0.4, 0.5) is 10.2 Å². The van der Waals surface area contributed by atoms with Crippen LogP contribution in [0.25, 0.3) is 11.1 Å². The SMILES string of the molecule is Cc1n[nH]c(C)c1-c1ccc(NC(=O)C(NC(=O)c2ccnn2C)C(C2CC2)C2CC2)nc1F. The monoisotopic (exact) mass is 465 g/mol. The number of rotatable bonds is 8. The Balaban J connectivity index is 1.38. The zero-order valence-corrected chi connectivity index (χ0v) is 19.4. The van der Waals surface area contributed by atoms with Crippen molar-refractivity contribution in [2.75, 3.05) is 5.32 Å². The van der Waals surface area contributed by atoms with Crippen molar-refractivity contribution in [1.29, 1.82) is 0 Å². The van der Waals surface area contributed by atoms with E-state index in [1.54, 1.807) is 38.4 Å². The van der Waals surface area contributed by atoms with E-state index in [0.29, 0.717) is 34.4 Å². The highest BCUT2D eigenvalue weighted by atomic mass is 19.1. The van der Waals surface area contributed by atoms with Crippen LogP contribution in [-0.2, 0) is 11.8 Å². The van der Waals surface area contributed by atoms with Gasteiger partial charge < -0.3 is 10.6 Å². The Hall–Kier alpha value is -3.56. The van der Waals surface area contributed by atoms with E-state index in [1.165, 1.54) is 4.68 Å². The molecule has 0 radical (unpaired) electrons. The second-order valence-electron chi connectivity index (χ2n) is 9.38. The Labute approximate surface area is 196 Å². The molecule has 0 aromatic carbocycles. The summed E-state index contributed by atoms with van der Waals surface area (Å²) in [6, 6.07) is 4.05. The summed E-state index contributed by atoms with van der Waals surface area (Å²) in [6.45, 7) is 3.61. The average Bonchev–Trinajstić information content (AvgIpc) is 3.73. The van der Waals surface area contributed by atoms with Crippen molar-refractivity contribution in [3.8, 4) is 11.1 Å². The number of nitrogens with one attached hydrogen (secondary N) is 3. The van der Waals surface area contributed by atoms with Gasteiger partial charge in [0.25, 0.3) is 5.91 Å². The number of aryl methyl sites for hydroxylation is 3. The number of hydrogen-bond donors (Lipinski definition) is 3. The molecule has 2 aliphatic carbocycles. The Morgan fingerprint density at radius 2 is 1.85 bits per heavy atom. The van der Waals surface area contributed by atoms with Crippen molar-refractivity contribution in [2.24, 2.45) is 24.8 Å². The van der Waals surface area contributed by atoms with Crippen molar-refractivity contribution in [2.45, 2.75) is 45.6 Å². The van der Waals surface area contributed by atoms with E-state index < -0.39 is 12.0 Å².